The fraction of sp³-hybridized carbons (Fsp3) is 0.462. The van der Waals surface area contributed by atoms with Gasteiger partial charge in [-0.25, -0.2) is 13.2 Å². The van der Waals surface area contributed by atoms with Crippen LogP contribution < -0.4 is 14.9 Å². The summed E-state index contributed by atoms with van der Waals surface area (Å²) in [5, 5.41) is 5.30. The van der Waals surface area contributed by atoms with Gasteiger partial charge in [0, 0.05) is 25.9 Å². The second-order valence-corrected chi connectivity index (χ2v) is 6.68. The lowest BCUT2D eigenvalue weighted by Gasteiger charge is -2.17. The van der Waals surface area contributed by atoms with Crippen molar-refractivity contribution < 1.29 is 17.9 Å². The number of hydrogen-bond donors (Lipinski definition) is 2. The molecule has 0 aliphatic carbocycles. The van der Waals surface area contributed by atoms with Crippen molar-refractivity contribution in [3.05, 3.63) is 24.3 Å². The van der Waals surface area contributed by atoms with Crippen molar-refractivity contribution in [2.75, 3.05) is 42.2 Å². The minimum Gasteiger partial charge on any atom is -0.383 e. The van der Waals surface area contributed by atoms with E-state index in [0.29, 0.717) is 37.5 Å². The predicted octanol–water partition coefficient (Wildman–Crippen LogP) is 0.994. The number of anilines is 2. The average Bonchev–Trinajstić information content (AvgIpc) is 2.79. The summed E-state index contributed by atoms with van der Waals surface area (Å²) in [4.78, 5) is 11.5. The summed E-state index contributed by atoms with van der Waals surface area (Å²) < 4.78 is 29.8. The molecular formula is C13H19N3O4S. The van der Waals surface area contributed by atoms with Crippen LogP contribution >= 0.6 is 0 Å². The second kappa shape index (κ2) is 6.77. The molecule has 21 heavy (non-hydrogen) atoms. The standard InChI is InChI=1S/C13H19N3O4S/c1-20-9-7-14-13(17)15-11-3-5-12(6-4-11)16-8-2-10-21(16,18)19/h3-6H,2,7-10H2,1H3,(H2,14,15,17). The Morgan fingerprint density at radius 2 is 2.05 bits per heavy atom. The quantitative estimate of drug-likeness (QED) is 0.794. The molecule has 1 heterocycles. The molecule has 0 spiro atoms. The van der Waals surface area contributed by atoms with Crippen molar-refractivity contribution in [3.8, 4) is 0 Å². The smallest absolute Gasteiger partial charge is 0.319 e. The van der Waals surface area contributed by atoms with Crippen LogP contribution in [-0.4, -0.2) is 47.0 Å². The van der Waals surface area contributed by atoms with Gasteiger partial charge in [0.2, 0.25) is 10.0 Å². The Kier molecular flexibility index (Phi) is 5.03. The lowest BCUT2D eigenvalue weighted by atomic mass is 10.2. The Balaban J connectivity index is 1.95. The van der Waals surface area contributed by atoms with E-state index in [-0.39, 0.29) is 11.8 Å². The second-order valence-electron chi connectivity index (χ2n) is 4.66. The first-order chi connectivity index (χ1) is 10.0. The van der Waals surface area contributed by atoms with Crippen LogP contribution in [0.3, 0.4) is 0 Å². The SMILES string of the molecule is COCCNC(=O)Nc1ccc(N2CCCS2(=O)=O)cc1. The van der Waals surface area contributed by atoms with Gasteiger partial charge in [-0.1, -0.05) is 0 Å². The number of carbonyl (C=O) groups is 1. The number of carbonyl (C=O) groups excluding carboxylic acids is 1. The Labute approximate surface area is 124 Å². The van der Waals surface area contributed by atoms with Crippen LogP contribution in [0.25, 0.3) is 0 Å². The van der Waals surface area contributed by atoms with Gasteiger partial charge < -0.3 is 15.4 Å². The number of amides is 2. The predicted molar refractivity (Wildman–Crippen MR) is 81.1 cm³/mol. The number of hydrogen-bond acceptors (Lipinski definition) is 4. The first-order valence-corrected chi connectivity index (χ1v) is 8.28. The van der Waals surface area contributed by atoms with Crippen molar-refractivity contribution in [1.29, 1.82) is 0 Å². The zero-order valence-electron chi connectivity index (χ0n) is 11.8. The molecule has 2 rings (SSSR count). The third-order valence-corrected chi connectivity index (χ3v) is 4.97. The molecule has 1 fully saturated rings. The van der Waals surface area contributed by atoms with E-state index < -0.39 is 10.0 Å². The molecular weight excluding hydrogens is 294 g/mol. The summed E-state index contributed by atoms with van der Waals surface area (Å²) in [6.45, 7) is 1.37. The highest BCUT2D eigenvalue weighted by Crippen LogP contribution is 2.25. The summed E-state index contributed by atoms with van der Waals surface area (Å²) in [6, 6.07) is 6.41. The molecule has 1 aromatic rings. The molecule has 8 heteroatoms. The summed E-state index contributed by atoms with van der Waals surface area (Å²) in [5.41, 5.74) is 1.23. The topological polar surface area (TPSA) is 87.7 Å². The van der Waals surface area contributed by atoms with Gasteiger partial charge in [0.25, 0.3) is 0 Å². The maximum atomic E-state index is 11.8. The molecule has 7 nitrogen and oxygen atoms in total. The third kappa shape index (κ3) is 4.08. The molecule has 1 saturated heterocycles. The van der Waals surface area contributed by atoms with Crippen LogP contribution in [0.2, 0.25) is 0 Å². The molecule has 1 aliphatic heterocycles. The number of methoxy groups -OCH3 is 1. The molecule has 0 bridgehead atoms. The highest BCUT2D eigenvalue weighted by Gasteiger charge is 2.28. The monoisotopic (exact) mass is 313 g/mol. The van der Waals surface area contributed by atoms with Crippen molar-refractivity contribution in [2.45, 2.75) is 6.42 Å². The van der Waals surface area contributed by atoms with E-state index in [9.17, 15) is 13.2 Å². The van der Waals surface area contributed by atoms with Gasteiger partial charge in [-0.2, -0.15) is 0 Å². The minimum atomic E-state index is -3.17. The fourth-order valence-electron chi connectivity index (χ4n) is 2.08. The van der Waals surface area contributed by atoms with Gasteiger partial charge in [0.1, 0.15) is 0 Å². The number of urea groups is 1. The van der Waals surface area contributed by atoms with Crippen LogP contribution in [0.4, 0.5) is 16.2 Å². The lowest BCUT2D eigenvalue weighted by molar-refractivity contribution is 0.198. The van der Waals surface area contributed by atoms with Crippen LogP contribution in [0.5, 0.6) is 0 Å². The maximum Gasteiger partial charge on any atom is 0.319 e. The third-order valence-electron chi connectivity index (χ3n) is 3.10. The van der Waals surface area contributed by atoms with Crippen LogP contribution in [0.1, 0.15) is 6.42 Å². The minimum absolute atomic E-state index is 0.189. The average molecular weight is 313 g/mol. The largest absolute Gasteiger partial charge is 0.383 e. The van der Waals surface area contributed by atoms with Gasteiger partial charge in [-0.3, -0.25) is 4.31 Å². The molecule has 116 valence electrons. The van der Waals surface area contributed by atoms with Crippen molar-refractivity contribution in [2.24, 2.45) is 0 Å². The van der Waals surface area contributed by atoms with Gasteiger partial charge in [-0.15, -0.1) is 0 Å². The summed E-state index contributed by atoms with van der Waals surface area (Å²) in [6.07, 6.45) is 0.643. The van der Waals surface area contributed by atoms with Crippen LogP contribution in [-0.2, 0) is 14.8 Å². The maximum absolute atomic E-state index is 11.8. The number of ether oxygens (including phenoxy) is 1. The molecule has 1 aliphatic rings. The van der Waals surface area contributed by atoms with E-state index in [1.165, 1.54) is 4.31 Å². The Morgan fingerprint density at radius 1 is 1.33 bits per heavy atom. The summed E-state index contributed by atoms with van der Waals surface area (Å²) in [7, 11) is -1.61. The number of benzene rings is 1. The van der Waals surface area contributed by atoms with Gasteiger partial charge in [-0.05, 0) is 30.7 Å². The lowest BCUT2D eigenvalue weighted by Crippen LogP contribution is -2.31. The van der Waals surface area contributed by atoms with E-state index in [2.05, 4.69) is 10.6 Å². The molecule has 0 unspecified atom stereocenters. The molecule has 0 aromatic heterocycles. The van der Waals surface area contributed by atoms with Gasteiger partial charge in [0.15, 0.2) is 0 Å². The number of rotatable bonds is 5. The van der Waals surface area contributed by atoms with E-state index in [1.54, 1.807) is 31.4 Å². The molecule has 2 N–H and O–H groups in total. The Bertz CT molecular complexity index is 586. The Morgan fingerprint density at radius 3 is 2.62 bits per heavy atom. The zero-order valence-corrected chi connectivity index (χ0v) is 12.6. The normalized spacial score (nSPS) is 16.7. The van der Waals surface area contributed by atoms with E-state index in [1.807, 2.05) is 0 Å². The fourth-order valence-corrected chi connectivity index (χ4v) is 3.65. The van der Waals surface area contributed by atoms with Gasteiger partial charge >= 0.3 is 6.03 Å². The molecule has 2 amide bonds. The van der Waals surface area contributed by atoms with E-state index >= 15 is 0 Å². The van der Waals surface area contributed by atoms with Crippen LogP contribution in [0.15, 0.2) is 24.3 Å². The molecule has 0 radical (unpaired) electrons. The molecule has 0 atom stereocenters. The molecule has 0 saturated carbocycles. The van der Waals surface area contributed by atoms with Crippen molar-refractivity contribution >= 4 is 27.4 Å². The zero-order chi connectivity index (χ0) is 15.3. The first-order valence-electron chi connectivity index (χ1n) is 6.67. The van der Waals surface area contributed by atoms with Crippen molar-refractivity contribution in [3.63, 3.8) is 0 Å². The van der Waals surface area contributed by atoms with E-state index in [4.69, 9.17) is 4.74 Å². The first kappa shape index (κ1) is 15.6. The van der Waals surface area contributed by atoms with E-state index in [0.717, 1.165) is 0 Å². The number of nitrogens with zero attached hydrogens (tertiary/aromatic N) is 1. The van der Waals surface area contributed by atoms with Crippen molar-refractivity contribution in [1.82, 2.24) is 5.32 Å². The number of nitrogens with one attached hydrogen (secondary N) is 2. The van der Waals surface area contributed by atoms with Gasteiger partial charge in [0.05, 0.1) is 18.0 Å². The number of sulfonamides is 1. The highest BCUT2D eigenvalue weighted by molar-refractivity contribution is 7.93. The Hall–Kier alpha value is -1.80. The van der Waals surface area contributed by atoms with Crippen LogP contribution in [0, 0.1) is 0 Å². The molecule has 1 aromatic carbocycles. The summed E-state index contributed by atoms with van der Waals surface area (Å²) >= 11 is 0. The highest BCUT2D eigenvalue weighted by atomic mass is 32.2. The summed E-state index contributed by atoms with van der Waals surface area (Å²) in [5.74, 6) is 0.189.